The molecule has 0 radical (unpaired) electrons. The van der Waals surface area contributed by atoms with Crippen LogP contribution in [0.3, 0.4) is 0 Å². The summed E-state index contributed by atoms with van der Waals surface area (Å²) in [7, 11) is 1.31. The van der Waals surface area contributed by atoms with Crippen LogP contribution in [0.5, 0.6) is 0 Å². The molecule has 33 heavy (non-hydrogen) atoms. The Kier molecular flexibility index (Phi) is 7.75. The molecular weight excluding hydrogens is 422 g/mol. The number of nitrogens with zero attached hydrogens (tertiary/aromatic N) is 1. The molecule has 3 aromatic carbocycles. The number of nitro groups is 1. The van der Waals surface area contributed by atoms with Gasteiger partial charge in [0.25, 0.3) is 11.6 Å². The average molecular weight is 447 g/mol. The van der Waals surface area contributed by atoms with Crippen LogP contribution in [-0.4, -0.2) is 23.9 Å². The summed E-state index contributed by atoms with van der Waals surface area (Å²) in [6.07, 6.45) is 0.687. The molecule has 2 N–H and O–H groups in total. The summed E-state index contributed by atoms with van der Waals surface area (Å²) < 4.78 is 4.67. The molecule has 1 unspecified atom stereocenters. The van der Waals surface area contributed by atoms with Crippen molar-refractivity contribution in [3.05, 3.63) is 105 Å². The number of carbonyl (C=O) groups excluding carboxylic acids is 2. The van der Waals surface area contributed by atoms with E-state index in [1.807, 2.05) is 37.3 Å². The van der Waals surface area contributed by atoms with Gasteiger partial charge in [0.05, 0.1) is 23.6 Å². The molecular formula is C25H25N3O5. The fourth-order valence-corrected chi connectivity index (χ4v) is 3.40. The number of benzene rings is 3. The Labute approximate surface area is 191 Å². The van der Waals surface area contributed by atoms with Crippen LogP contribution in [0.2, 0.25) is 0 Å². The number of nitrogens with one attached hydrogen (secondary N) is 2. The number of carbonyl (C=O) groups is 2. The minimum absolute atomic E-state index is 0.191. The lowest BCUT2D eigenvalue weighted by atomic mass is 10.0. The second kappa shape index (κ2) is 10.9. The highest BCUT2D eigenvalue weighted by Gasteiger charge is 2.20. The molecule has 8 heteroatoms. The summed E-state index contributed by atoms with van der Waals surface area (Å²) in [5.41, 5.74) is 2.53. The zero-order chi connectivity index (χ0) is 23.8. The van der Waals surface area contributed by atoms with Crippen LogP contribution < -0.4 is 10.6 Å². The number of nitro benzene ring substituents is 1. The van der Waals surface area contributed by atoms with Crippen LogP contribution in [0.4, 0.5) is 11.4 Å². The van der Waals surface area contributed by atoms with Gasteiger partial charge in [0.15, 0.2) is 0 Å². The van der Waals surface area contributed by atoms with Crippen molar-refractivity contribution in [1.29, 1.82) is 0 Å². The van der Waals surface area contributed by atoms with E-state index in [9.17, 15) is 19.7 Å². The molecule has 0 aliphatic carbocycles. The van der Waals surface area contributed by atoms with Gasteiger partial charge in [-0.2, -0.15) is 0 Å². The van der Waals surface area contributed by atoms with E-state index in [0.29, 0.717) is 24.2 Å². The van der Waals surface area contributed by atoms with Gasteiger partial charge in [-0.1, -0.05) is 49.4 Å². The zero-order valence-electron chi connectivity index (χ0n) is 18.4. The topological polar surface area (TPSA) is 111 Å². The Balaban J connectivity index is 1.73. The summed E-state index contributed by atoms with van der Waals surface area (Å²) in [5.74, 6) is -0.810. The first-order valence-corrected chi connectivity index (χ1v) is 10.5. The number of hydrogen-bond donors (Lipinski definition) is 2. The van der Waals surface area contributed by atoms with Crippen LogP contribution >= 0.6 is 0 Å². The molecule has 0 fully saturated rings. The maximum absolute atomic E-state index is 12.8. The van der Waals surface area contributed by atoms with Crippen molar-refractivity contribution >= 4 is 23.3 Å². The van der Waals surface area contributed by atoms with E-state index in [2.05, 4.69) is 15.4 Å². The predicted molar refractivity (Wildman–Crippen MR) is 125 cm³/mol. The van der Waals surface area contributed by atoms with Crippen LogP contribution in [-0.2, 0) is 11.3 Å². The first-order valence-electron chi connectivity index (χ1n) is 10.5. The van der Waals surface area contributed by atoms with Crippen molar-refractivity contribution in [1.82, 2.24) is 5.32 Å². The van der Waals surface area contributed by atoms with E-state index in [1.54, 1.807) is 30.3 Å². The molecule has 0 saturated carbocycles. The van der Waals surface area contributed by atoms with Crippen molar-refractivity contribution in [3.63, 3.8) is 0 Å². The van der Waals surface area contributed by atoms with Crippen LogP contribution in [0.15, 0.2) is 72.8 Å². The lowest BCUT2D eigenvalue weighted by Crippen LogP contribution is -2.28. The molecule has 0 aliphatic rings. The average Bonchev–Trinajstić information content (AvgIpc) is 2.86. The standard InChI is InChI=1S/C25H25N3O5/c1-3-21(18-7-5-4-6-8-18)27-24(29)20-13-14-22(23(15-20)28(31)32)26-16-17-9-11-19(12-10-17)25(30)33-2/h4-15,21,26H,3,16H2,1-2H3,(H,27,29). The Morgan fingerprint density at radius 3 is 2.27 bits per heavy atom. The van der Waals surface area contributed by atoms with Crippen molar-refractivity contribution in [3.8, 4) is 0 Å². The molecule has 0 aliphatic heterocycles. The third-order valence-corrected chi connectivity index (χ3v) is 5.23. The van der Waals surface area contributed by atoms with Gasteiger partial charge < -0.3 is 15.4 Å². The van der Waals surface area contributed by atoms with Crippen molar-refractivity contribution in [2.75, 3.05) is 12.4 Å². The van der Waals surface area contributed by atoms with E-state index in [0.717, 1.165) is 11.1 Å². The molecule has 0 spiro atoms. The summed E-state index contributed by atoms with van der Waals surface area (Å²) >= 11 is 0. The SMILES string of the molecule is CCC(NC(=O)c1ccc(NCc2ccc(C(=O)OC)cc2)c([N+](=O)[O-])c1)c1ccccc1. The smallest absolute Gasteiger partial charge is 0.337 e. The number of rotatable bonds is 9. The number of anilines is 1. The number of esters is 1. The largest absolute Gasteiger partial charge is 0.465 e. The minimum Gasteiger partial charge on any atom is -0.465 e. The fourth-order valence-electron chi connectivity index (χ4n) is 3.40. The van der Waals surface area contributed by atoms with E-state index in [1.165, 1.54) is 19.2 Å². The number of ether oxygens (including phenoxy) is 1. The molecule has 0 aromatic heterocycles. The lowest BCUT2D eigenvalue weighted by molar-refractivity contribution is -0.384. The Morgan fingerprint density at radius 2 is 1.67 bits per heavy atom. The molecule has 0 bridgehead atoms. The van der Waals surface area contributed by atoms with E-state index in [4.69, 9.17) is 0 Å². The monoisotopic (exact) mass is 447 g/mol. The van der Waals surface area contributed by atoms with Crippen molar-refractivity contribution < 1.29 is 19.2 Å². The molecule has 170 valence electrons. The van der Waals surface area contributed by atoms with Gasteiger partial charge in [0.2, 0.25) is 0 Å². The van der Waals surface area contributed by atoms with Crippen LogP contribution in [0.1, 0.15) is 51.2 Å². The zero-order valence-corrected chi connectivity index (χ0v) is 18.4. The Morgan fingerprint density at radius 1 is 1.00 bits per heavy atom. The third-order valence-electron chi connectivity index (χ3n) is 5.23. The molecule has 1 atom stereocenters. The molecule has 3 rings (SSSR count). The predicted octanol–water partition coefficient (Wildman–Crippen LogP) is 4.87. The summed E-state index contributed by atoms with van der Waals surface area (Å²) in [6.45, 7) is 2.27. The van der Waals surface area contributed by atoms with Crippen LogP contribution in [0, 0.1) is 10.1 Å². The first kappa shape index (κ1) is 23.5. The van der Waals surface area contributed by atoms with Crippen molar-refractivity contribution in [2.45, 2.75) is 25.9 Å². The van der Waals surface area contributed by atoms with Gasteiger partial charge in [-0.3, -0.25) is 14.9 Å². The van der Waals surface area contributed by atoms with Gasteiger partial charge in [-0.25, -0.2) is 4.79 Å². The Hall–Kier alpha value is -4.20. The number of hydrogen-bond acceptors (Lipinski definition) is 6. The third kappa shape index (κ3) is 5.94. The summed E-state index contributed by atoms with van der Waals surface area (Å²) in [6, 6.07) is 20.5. The normalized spacial score (nSPS) is 11.3. The van der Waals surface area contributed by atoms with Gasteiger partial charge in [-0.15, -0.1) is 0 Å². The van der Waals surface area contributed by atoms with E-state index in [-0.39, 0.29) is 23.2 Å². The van der Waals surface area contributed by atoms with Gasteiger partial charge >= 0.3 is 5.97 Å². The van der Waals surface area contributed by atoms with Crippen molar-refractivity contribution in [2.24, 2.45) is 0 Å². The lowest BCUT2D eigenvalue weighted by Gasteiger charge is -2.17. The quantitative estimate of drug-likeness (QED) is 0.275. The molecule has 1 amide bonds. The molecule has 0 heterocycles. The summed E-state index contributed by atoms with van der Waals surface area (Å²) in [5, 5.41) is 17.6. The second-order valence-electron chi connectivity index (χ2n) is 7.38. The van der Waals surface area contributed by atoms with E-state index >= 15 is 0 Å². The van der Waals surface area contributed by atoms with Gasteiger partial charge in [-0.05, 0) is 41.8 Å². The number of amides is 1. The van der Waals surface area contributed by atoms with E-state index < -0.39 is 10.9 Å². The highest BCUT2D eigenvalue weighted by molar-refractivity contribution is 5.96. The fraction of sp³-hybridized carbons (Fsp3) is 0.200. The summed E-state index contributed by atoms with van der Waals surface area (Å²) in [4.78, 5) is 35.4. The second-order valence-corrected chi connectivity index (χ2v) is 7.38. The van der Waals surface area contributed by atoms with Gasteiger partial charge in [0, 0.05) is 18.2 Å². The minimum atomic E-state index is -0.520. The van der Waals surface area contributed by atoms with Gasteiger partial charge in [0.1, 0.15) is 5.69 Å². The molecule has 0 saturated heterocycles. The highest BCUT2D eigenvalue weighted by Crippen LogP contribution is 2.27. The molecule has 8 nitrogen and oxygen atoms in total. The maximum Gasteiger partial charge on any atom is 0.337 e. The molecule has 3 aromatic rings. The van der Waals surface area contributed by atoms with Crippen LogP contribution in [0.25, 0.3) is 0 Å². The Bertz CT molecular complexity index is 1130. The number of methoxy groups -OCH3 is 1. The first-order chi connectivity index (χ1) is 15.9. The maximum atomic E-state index is 12.8. The highest BCUT2D eigenvalue weighted by atomic mass is 16.6.